The Bertz CT molecular complexity index is 437. The summed E-state index contributed by atoms with van der Waals surface area (Å²) < 4.78 is 6.62. The van der Waals surface area contributed by atoms with Gasteiger partial charge in [-0.15, -0.1) is 0 Å². The van der Waals surface area contributed by atoms with Gasteiger partial charge in [0.15, 0.2) is 0 Å². The lowest BCUT2D eigenvalue weighted by Gasteiger charge is -2.38. The molecule has 0 saturated carbocycles. The lowest BCUT2D eigenvalue weighted by Crippen LogP contribution is -2.53. The first-order chi connectivity index (χ1) is 9.60. The molecule has 0 aliphatic carbocycles. The molecular weight excluding hydrogens is 283 g/mol. The van der Waals surface area contributed by atoms with Crippen molar-refractivity contribution in [2.24, 2.45) is 0 Å². The van der Waals surface area contributed by atoms with Crippen molar-refractivity contribution in [1.29, 1.82) is 0 Å². The first kappa shape index (κ1) is 18.7. The van der Waals surface area contributed by atoms with Gasteiger partial charge in [-0.3, -0.25) is 0 Å². The Morgan fingerprint density at radius 1 is 1.33 bits per heavy atom. The molecule has 3 nitrogen and oxygen atoms in total. The molecule has 21 heavy (non-hydrogen) atoms. The Balaban J connectivity index is 2.85. The first-order valence-corrected chi connectivity index (χ1v) is 8.63. The van der Waals surface area contributed by atoms with Gasteiger partial charge in [0.05, 0.1) is 11.2 Å². The molecule has 0 saturated heterocycles. The van der Waals surface area contributed by atoms with Crippen LogP contribution in [0.1, 0.15) is 72.3 Å². The second kappa shape index (κ2) is 7.27. The zero-order chi connectivity index (χ0) is 16.3. The Morgan fingerprint density at radius 3 is 2.48 bits per heavy atom. The van der Waals surface area contributed by atoms with Crippen LogP contribution in [0.15, 0.2) is 11.4 Å². The van der Waals surface area contributed by atoms with Crippen LogP contribution in [0.2, 0.25) is 0 Å². The quantitative estimate of drug-likeness (QED) is 0.724. The fraction of sp³-hybridized carbons (Fsp3) is 0.750. The fourth-order valence-corrected chi connectivity index (χ4v) is 3.01. The van der Waals surface area contributed by atoms with Crippen LogP contribution in [-0.4, -0.2) is 28.5 Å². The van der Waals surface area contributed by atoms with Crippen molar-refractivity contribution >= 4 is 23.2 Å². The van der Waals surface area contributed by atoms with Gasteiger partial charge in [0.2, 0.25) is 0 Å². The first-order valence-electron chi connectivity index (χ1n) is 7.75. The summed E-state index contributed by atoms with van der Waals surface area (Å²) in [7, 11) is -0.995. The van der Waals surface area contributed by atoms with Crippen molar-refractivity contribution in [3.63, 3.8) is 0 Å². The number of thiophene rings is 1. The lowest BCUT2D eigenvalue weighted by atomic mass is 9.78. The number of hydrogen-bond donors (Lipinski definition) is 2. The van der Waals surface area contributed by atoms with Crippen LogP contribution < -0.4 is 4.78 Å². The van der Waals surface area contributed by atoms with Crippen LogP contribution in [0.3, 0.4) is 0 Å². The highest BCUT2D eigenvalue weighted by Gasteiger charge is 2.40. The number of aliphatic hydroxyl groups is 1. The molecule has 0 aromatic carbocycles. The maximum Gasteiger partial charge on any atom is 0.502 e. The van der Waals surface area contributed by atoms with Gasteiger partial charge in [-0.25, -0.2) is 0 Å². The molecule has 0 bridgehead atoms. The van der Waals surface area contributed by atoms with Crippen molar-refractivity contribution in [3.05, 3.63) is 17.0 Å². The molecule has 1 aromatic rings. The average Bonchev–Trinajstić information content (AvgIpc) is 2.83. The summed E-state index contributed by atoms with van der Waals surface area (Å²) in [4.78, 5) is 0. The van der Waals surface area contributed by atoms with E-state index in [1.54, 1.807) is 27.7 Å². The number of rotatable bonds is 8. The molecule has 0 radical (unpaired) electrons. The van der Waals surface area contributed by atoms with E-state index < -0.39 is 18.3 Å². The summed E-state index contributed by atoms with van der Waals surface area (Å²) >= 11 is 1.51. The van der Waals surface area contributed by atoms with Crippen molar-refractivity contribution < 1.29 is 14.8 Å². The third-order valence-electron chi connectivity index (χ3n) is 4.35. The number of hydrogen-bond acceptors (Lipinski definition) is 4. The SMILES string of the molecule is CCCCC(C)c1ccsc1B(O)OC(C)(C)C(C)(C)O. The molecular formula is C16H29BO3S. The molecule has 1 unspecified atom stereocenters. The van der Waals surface area contributed by atoms with Crippen LogP contribution in [-0.2, 0) is 4.65 Å². The van der Waals surface area contributed by atoms with Gasteiger partial charge >= 0.3 is 7.12 Å². The molecule has 0 spiro atoms. The van der Waals surface area contributed by atoms with Crippen LogP contribution in [0.5, 0.6) is 0 Å². The Labute approximate surface area is 133 Å². The van der Waals surface area contributed by atoms with Crippen molar-refractivity contribution in [3.8, 4) is 0 Å². The minimum Gasteiger partial charge on any atom is -0.423 e. The van der Waals surface area contributed by atoms with Gasteiger partial charge in [-0.2, -0.15) is 11.3 Å². The minimum atomic E-state index is -1.03. The van der Waals surface area contributed by atoms with Crippen LogP contribution in [0, 0.1) is 0 Å². The molecule has 0 fully saturated rings. The smallest absolute Gasteiger partial charge is 0.423 e. The van der Waals surface area contributed by atoms with E-state index in [0.29, 0.717) is 5.92 Å². The van der Waals surface area contributed by atoms with E-state index >= 15 is 0 Å². The third-order valence-corrected chi connectivity index (χ3v) is 5.32. The van der Waals surface area contributed by atoms with Gasteiger partial charge < -0.3 is 14.8 Å². The summed E-state index contributed by atoms with van der Waals surface area (Å²) in [5, 5.41) is 22.6. The van der Waals surface area contributed by atoms with Crippen molar-refractivity contribution in [2.75, 3.05) is 0 Å². The summed E-state index contributed by atoms with van der Waals surface area (Å²) in [6, 6.07) is 2.07. The predicted molar refractivity (Wildman–Crippen MR) is 91.3 cm³/mol. The zero-order valence-electron chi connectivity index (χ0n) is 14.1. The number of unbranched alkanes of at least 4 members (excludes halogenated alkanes) is 1. The third kappa shape index (κ3) is 4.81. The molecule has 5 heteroatoms. The van der Waals surface area contributed by atoms with E-state index in [9.17, 15) is 10.1 Å². The highest BCUT2D eigenvalue weighted by Crippen LogP contribution is 2.27. The van der Waals surface area contributed by atoms with Crippen LogP contribution in [0.4, 0.5) is 0 Å². The van der Waals surface area contributed by atoms with E-state index in [4.69, 9.17) is 4.65 Å². The van der Waals surface area contributed by atoms with Gasteiger partial charge in [-0.1, -0.05) is 26.7 Å². The highest BCUT2D eigenvalue weighted by atomic mass is 32.1. The average molecular weight is 312 g/mol. The second-order valence-electron chi connectivity index (χ2n) is 6.82. The minimum absolute atomic E-state index is 0.412. The maximum absolute atomic E-state index is 10.4. The normalized spacial score (nSPS) is 14.3. The summed E-state index contributed by atoms with van der Waals surface area (Å²) in [5.41, 5.74) is -0.702. The van der Waals surface area contributed by atoms with Crippen molar-refractivity contribution in [1.82, 2.24) is 0 Å². The van der Waals surface area contributed by atoms with Crippen LogP contribution in [0.25, 0.3) is 0 Å². The van der Waals surface area contributed by atoms with E-state index in [1.807, 2.05) is 5.38 Å². The predicted octanol–water partition coefficient (Wildman–Crippen LogP) is 3.30. The Hall–Kier alpha value is -0.355. The largest absolute Gasteiger partial charge is 0.502 e. The molecule has 0 amide bonds. The topological polar surface area (TPSA) is 49.7 Å². The van der Waals surface area contributed by atoms with E-state index in [-0.39, 0.29) is 0 Å². The Kier molecular flexibility index (Phi) is 6.47. The van der Waals surface area contributed by atoms with Gasteiger partial charge in [0, 0.05) is 4.78 Å². The van der Waals surface area contributed by atoms with Crippen molar-refractivity contribution in [2.45, 2.75) is 77.9 Å². The summed E-state index contributed by atoms with van der Waals surface area (Å²) in [6.45, 7) is 11.4. The monoisotopic (exact) mass is 312 g/mol. The molecule has 2 N–H and O–H groups in total. The molecule has 120 valence electrons. The summed E-state index contributed by atoms with van der Waals surface area (Å²) in [6.07, 6.45) is 3.47. The van der Waals surface area contributed by atoms with E-state index in [1.165, 1.54) is 24.2 Å². The Morgan fingerprint density at radius 2 is 1.95 bits per heavy atom. The molecule has 1 heterocycles. The van der Waals surface area contributed by atoms with Gasteiger partial charge in [0.1, 0.15) is 0 Å². The van der Waals surface area contributed by atoms with Crippen LogP contribution >= 0.6 is 11.3 Å². The molecule has 0 aliphatic heterocycles. The highest BCUT2D eigenvalue weighted by molar-refractivity contribution is 7.20. The molecule has 1 rings (SSSR count). The fourth-order valence-electron chi connectivity index (χ4n) is 2.08. The zero-order valence-corrected chi connectivity index (χ0v) is 15.0. The maximum atomic E-state index is 10.4. The van der Waals surface area contributed by atoms with Gasteiger partial charge in [0.25, 0.3) is 0 Å². The molecule has 1 atom stereocenters. The lowest BCUT2D eigenvalue weighted by molar-refractivity contribution is -0.0982. The summed E-state index contributed by atoms with van der Waals surface area (Å²) in [5.74, 6) is 0.412. The standard InChI is InChI=1S/C16H29BO3S/c1-7-8-9-12(2)13-10-11-21-14(13)17(19)20-16(5,6)15(3,4)18/h10-12,18-19H,7-9H2,1-6H3. The van der Waals surface area contributed by atoms with E-state index in [0.717, 1.165) is 16.8 Å². The van der Waals surface area contributed by atoms with E-state index in [2.05, 4.69) is 19.9 Å². The van der Waals surface area contributed by atoms with Gasteiger partial charge in [-0.05, 0) is 57.0 Å². The molecule has 0 aliphatic rings. The second-order valence-corrected chi connectivity index (χ2v) is 7.77. The molecule has 1 aromatic heterocycles.